The van der Waals surface area contributed by atoms with Gasteiger partial charge in [0, 0.05) is 19.6 Å². The molecule has 0 N–H and O–H groups in total. The molecule has 22 heavy (non-hydrogen) atoms. The second kappa shape index (κ2) is 6.75. The Balaban J connectivity index is 1.62. The molecule has 0 radical (unpaired) electrons. The Bertz CT molecular complexity index is 511. The second-order valence-corrected chi connectivity index (χ2v) is 6.30. The molecule has 2 aliphatic rings. The van der Waals surface area contributed by atoms with Gasteiger partial charge in [0.1, 0.15) is 6.04 Å². The second-order valence-electron chi connectivity index (χ2n) is 6.30. The SMILES string of the molecule is Cc1noc(C2COCCN2CC(=O)N2CCC(C)CC2)n1. The van der Waals surface area contributed by atoms with Gasteiger partial charge in [0.15, 0.2) is 5.82 Å². The van der Waals surface area contributed by atoms with Crippen LogP contribution in [0.4, 0.5) is 0 Å². The highest BCUT2D eigenvalue weighted by Gasteiger charge is 2.32. The first kappa shape index (κ1) is 15.4. The van der Waals surface area contributed by atoms with Gasteiger partial charge in [0.05, 0.1) is 19.8 Å². The zero-order chi connectivity index (χ0) is 15.5. The molecule has 1 aromatic rings. The largest absolute Gasteiger partial charge is 0.378 e. The lowest BCUT2D eigenvalue weighted by Crippen LogP contribution is -2.48. The molecule has 3 rings (SSSR count). The van der Waals surface area contributed by atoms with Crippen molar-refractivity contribution in [3.8, 4) is 0 Å². The van der Waals surface area contributed by atoms with Gasteiger partial charge in [0.25, 0.3) is 0 Å². The fourth-order valence-corrected chi connectivity index (χ4v) is 3.03. The zero-order valence-electron chi connectivity index (χ0n) is 13.3. The van der Waals surface area contributed by atoms with E-state index in [2.05, 4.69) is 22.0 Å². The first-order valence-electron chi connectivity index (χ1n) is 8.03. The first-order chi connectivity index (χ1) is 10.6. The third-order valence-electron chi connectivity index (χ3n) is 4.54. The van der Waals surface area contributed by atoms with Gasteiger partial charge in [-0.1, -0.05) is 12.1 Å². The molecule has 0 spiro atoms. The van der Waals surface area contributed by atoms with Gasteiger partial charge < -0.3 is 14.2 Å². The zero-order valence-corrected chi connectivity index (χ0v) is 13.3. The summed E-state index contributed by atoms with van der Waals surface area (Å²) in [6, 6.07) is -0.123. The highest BCUT2D eigenvalue weighted by atomic mass is 16.5. The van der Waals surface area contributed by atoms with Gasteiger partial charge in [-0.25, -0.2) is 0 Å². The minimum Gasteiger partial charge on any atom is -0.378 e. The molecule has 1 amide bonds. The minimum atomic E-state index is -0.123. The van der Waals surface area contributed by atoms with Crippen LogP contribution in [0.25, 0.3) is 0 Å². The van der Waals surface area contributed by atoms with Gasteiger partial charge in [-0.15, -0.1) is 0 Å². The normalized spacial score (nSPS) is 24.6. The summed E-state index contributed by atoms with van der Waals surface area (Å²) in [5.74, 6) is 2.06. The smallest absolute Gasteiger partial charge is 0.246 e. The van der Waals surface area contributed by atoms with Crippen LogP contribution in [0.1, 0.15) is 37.5 Å². The number of carbonyl (C=O) groups excluding carboxylic acids is 1. The molecule has 0 aromatic carbocycles. The van der Waals surface area contributed by atoms with Crippen molar-refractivity contribution < 1.29 is 14.1 Å². The summed E-state index contributed by atoms with van der Waals surface area (Å²) < 4.78 is 10.8. The number of ether oxygens (including phenoxy) is 1. The molecule has 2 aliphatic heterocycles. The fourth-order valence-electron chi connectivity index (χ4n) is 3.03. The Kier molecular flexibility index (Phi) is 4.73. The van der Waals surface area contributed by atoms with Crippen LogP contribution in [0.15, 0.2) is 4.52 Å². The first-order valence-corrected chi connectivity index (χ1v) is 8.03. The van der Waals surface area contributed by atoms with Crippen molar-refractivity contribution in [3.05, 3.63) is 11.7 Å². The monoisotopic (exact) mass is 308 g/mol. The van der Waals surface area contributed by atoms with Crippen LogP contribution in [0, 0.1) is 12.8 Å². The number of aryl methyl sites for hydroxylation is 1. The van der Waals surface area contributed by atoms with Gasteiger partial charge in [-0.2, -0.15) is 4.98 Å². The number of rotatable bonds is 3. The van der Waals surface area contributed by atoms with Crippen molar-refractivity contribution in [3.63, 3.8) is 0 Å². The Morgan fingerprint density at radius 3 is 2.77 bits per heavy atom. The van der Waals surface area contributed by atoms with E-state index in [1.165, 1.54) is 0 Å². The summed E-state index contributed by atoms with van der Waals surface area (Å²) in [4.78, 5) is 20.9. The average Bonchev–Trinajstić information content (AvgIpc) is 2.95. The molecule has 7 nitrogen and oxygen atoms in total. The quantitative estimate of drug-likeness (QED) is 0.830. The van der Waals surface area contributed by atoms with Crippen LogP contribution in [-0.2, 0) is 9.53 Å². The fraction of sp³-hybridized carbons (Fsp3) is 0.800. The summed E-state index contributed by atoms with van der Waals surface area (Å²) in [6.07, 6.45) is 2.20. The number of piperidine rings is 1. The van der Waals surface area contributed by atoms with E-state index in [1.54, 1.807) is 6.92 Å². The van der Waals surface area contributed by atoms with Crippen LogP contribution in [0.2, 0.25) is 0 Å². The van der Waals surface area contributed by atoms with Crippen molar-refractivity contribution in [2.24, 2.45) is 5.92 Å². The molecule has 1 atom stereocenters. The predicted molar refractivity (Wildman–Crippen MR) is 79.1 cm³/mol. The molecule has 3 heterocycles. The van der Waals surface area contributed by atoms with Crippen LogP contribution in [-0.4, -0.2) is 65.2 Å². The molecule has 1 unspecified atom stereocenters. The summed E-state index contributed by atoms with van der Waals surface area (Å²) in [6.45, 7) is 8.01. The number of hydrogen-bond donors (Lipinski definition) is 0. The maximum atomic E-state index is 12.5. The molecule has 2 saturated heterocycles. The molecular weight excluding hydrogens is 284 g/mol. The lowest BCUT2D eigenvalue weighted by molar-refractivity contribution is -0.136. The van der Waals surface area contributed by atoms with Crippen molar-refractivity contribution in [2.75, 3.05) is 39.4 Å². The standard InChI is InChI=1S/C15H24N4O3/c1-11-3-5-18(6-4-11)14(20)9-19-7-8-21-10-13(19)15-16-12(2)17-22-15/h11,13H,3-10H2,1-2H3. The highest BCUT2D eigenvalue weighted by molar-refractivity contribution is 5.78. The van der Waals surface area contributed by atoms with E-state index in [4.69, 9.17) is 9.26 Å². The molecule has 7 heteroatoms. The molecular formula is C15H24N4O3. The Morgan fingerprint density at radius 1 is 1.32 bits per heavy atom. The lowest BCUT2D eigenvalue weighted by atomic mass is 9.99. The Labute approximate surface area is 130 Å². The Morgan fingerprint density at radius 2 is 2.09 bits per heavy atom. The maximum Gasteiger partial charge on any atom is 0.246 e. The van der Waals surface area contributed by atoms with Crippen LogP contribution < -0.4 is 0 Å². The minimum absolute atomic E-state index is 0.123. The Hall–Kier alpha value is -1.47. The molecule has 122 valence electrons. The van der Waals surface area contributed by atoms with E-state index in [9.17, 15) is 4.79 Å². The summed E-state index contributed by atoms with van der Waals surface area (Å²) in [7, 11) is 0. The van der Waals surface area contributed by atoms with Gasteiger partial charge in [-0.05, 0) is 25.7 Å². The van der Waals surface area contributed by atoms with Gasteiger partial charge in [0.2, 0.25) is 11.8 Å². The number of morpholine rings is 1. The molecule has 0 aliphatic carbocycles. The van der Waals surface area contributed by atoms with Gasteiger partial charge in [-0.3, -0.25) is 9.69 Å². The van der Waals surface area contributed by atoms with Gasteiger partial charge >= 0.3 is 0 Å². The number of nitrogens with zero attached hydrogens (tertiary/aromatic N) is 4. The number of hydrogen-bond acceptors (Lipinski definition) is 6. The average molecular weight is 308 g/mol. The summed E-state index contributed by atoms with van der Waals surface area (Å²) >= 11 is 0. The van der Waals surface area contributed by atoms with Crippen LogP contribution in [0.3, 0.4) is 0 Å². The number of amides is 1. The van der Waals surface area contributed by atoms with Crippen molar-refractivity contribution >= 4 is 5.91 Å². The lowest BCUT2D eigenvalue weighted by Gasteiger charge is -2.36. The summed E-state index contributed by atoms with van der Waals surface area (Å²) in [5.41, 5.74) is 0. The number of carbonyl (C=O) groups is 1. The van der Waals surface area contributed by atoms with E-state index in [1.807, 2.05) is 4.90 Å². The predicted octanol–water partition coefficient (Wildman–Crippen LogP) is 1.01. The van der Waals surface area contributed by atoms with Crippen LogP contribution >= 0.6 is 0 Å². The van der Waals surface area contributed by atoms with Crippen LogP contribution in [0.5, 0.6) is 0 Å². The molecule has 1 aromatic heterocycles. The molecule has 0 saturated carbocycles. The summed E-state index contributed by atoms with van der Waals surface area (Å²) in [5, 5.41) is 3.84. The van der Waals surface area contributed by atoms with E-state index in [0.717, 1.165) is 31.8 Å². The molecule has 2 fully saturated rings. The highest BCUT2D eigenvalue weighted by Crippen LogP contribution is 2.23. The molecule has 0 bridgehead atoms. The van der Waals surface area contributed by atoms with Crippen molar-refractivity contribution in [2.45, 2.75) is 32.7 Å². The van der Waals surface area contributed by atoms with E-state index < -0.39 is 0 Å². The topological polar surface area (TPSA) is 71.7 Å². The van der Waals surface area contributed by atoms with Crippen molar-refractivity contribution in [1.29, 1.82) is 0 Å². The number of aromatic nitrogens is 2. The van der Waals surface area contributed by atoms with E-state index in [0.29, 0.717) is 38.0 Å². The van der Waals surface area contributed by atoms with E-state index >= 15 is 0 Å². The number of likely N-dealkylation sites (tertiary alicyclic amines) is 1. The van der Waals surface area contributed by atoms with Crippen molar-refractivity contribution in [1.82, 2.24) is 19.9 Å². The third kappa shape index (κ3) is 3.47. The maximum absolute atomic E-state index is 12.5. The third-order valence-corrected chi connectivity index (χ3v) is 4.54. The van der Waals surface area contributed by atoms with E-state index in [-0.39, 0.29) is 11.9 Å².